The van der Waals surface area contributed by atoms with Crippen molar-refractivity contribution in [1.29, 1.82) is 0 Å². The smallest absolute Gasteiger partial charge is 0.356 e. The highest BCUT2D eigenvalue weighted by molar-refractivity contribution is 6.10. The van der Waals surface area contributed by atoms with Crippen LogP contribution in [0, 0.1) is 11.6 Å². The third-order valence-electron chi connectivity index (χ3n) is 4.09. The Labute approximate surface area is 161 Å². The van der Waals surface area contributed by atoms with E-state index in [0.717, 1.165) is 42.6 Å². The van der Waals surface area contributed by atoms with E-state index < -0.39 is 40.6 Å². The van der Waals surface area contributed by atoms with Crippen molar-refractivity contribution >= 4 is 11.7 Å². The summed E-state index contributed by atoms with van der Waals surface area (Å²) in [5.74, 6) is -3.72. The SMILES string of the molecule is O=C(NCc1cccc(C(F)(F)F)c1)c1cc(C(=O)c2c(F)cccc2F)c[nH]1. The van der Waals surface area contributed by atoms with Gasteiger partial charge in [0.25, 0.3) is 5.91 Å². The van der Waals surface area contributed by atoms with Crippen LogP contribution in [0.5, 0.6) is 0 Å². The van der Waals surface area contributed by atoms with E-state index in [1.54, 1.807) is 0 Å². The number of carbonyl (C=O) groups is 2. The standard InChI is InChI=1S/C20H13F5N2O2/c21-14-5-2-6-15(22)17(14)18(28)12-8-16(26-10-12)19(29)27-9-11-3-1-4-13(7-11)20(23,24)25/h1-8,10,26H,9H2,(H,27,29). The third kappa shape index (κ3) is 4.50. The Morgan fingerprint density at radius 3 is 2.28 bits per heavy atom. The van der Waals surface area contributed by atoms with Gasteiger partial charge in [0, 0.05) is 18.3 Å². The molecule has 0 fully saturated rings. The van der Waals surface area contributed by atoms with E-state index in [1.165, 1.54) is 12.1 Å². The Balaban J connectivity index is 1.71. The zero-order chi connectivity index (χ0) is 21.2. The third-order valence-corrected chi connectivity index (χ3v) is 4.09. The summed E-state index contributed by atoms with van der Waals surface area (Å²) in [5, 5.41) is 2.41. The highest BCUT2D eigenvalue weighted by Gasteiger charge is 2.30. The zero-order valence-corrected chi connectivity index (χ0v) is 14.6. The van der Waals surface area contributed by atoms with E-state index >= 15 is 0 Å². The second-order valence-corrected chi connectivity index (χ2v) is 6.11. The zero-order valence-electron chi connectivity index (χ0n) is 14.6. The number of amides is 1. The number of rotatable bonds is 5. The molecule has 0 bridgehead atoms. The van der Waals surface area contributed by atoms with Gasteiger partial charge in [0.2, 0.25) is 0 Å². The van der Waals surface area contributed by atoms with Crippen molar-refractivity contribution < 1.29 is 31.5 Å². The molecule has 1 aromatic heterocycles. The minimum Gasteiger partial charge on any atom is -0.356 e. The van der Waals surface area contributed by atoms with Crippen molar-refractivity contribution in [3.05, 3.63) is 94.3 Å². The van der Waals surface area contributed by atoms with Gasteiger partial charge in [0.05, 0.1) is 11.1 Å². The molecule has 0 atom stereocenters. The normalized spacial score (nSPS) is 11.3. The molecule has 0 radical (unpaired) electrons. The van der Waals surface area contributed by atoms with Gasteiger partial charge in [0.1, 0.15) is 17.3 Å². The summed E-state index contributed by atoms with van der Waals surface area (Å²) in [4.78, 5) is 27.0. The summed E-state index contributed by atoms with van der Waals surface area (Å²) >= 11 is 0. The fourth-order valence-corrected chi connectivity index (χ4v) is 2.65. The Morgan fingerprint density at radius 2 is 1.62 bits per heavy atom. The van der Waals surface area contributed by atoms with Crippen molar-refractivity contribution in [1.82, 2.24) is 10.3 Å². The van der Waals surface area contributed by atoms with Crippen LogP contribution in [-0.4, -0.2) is 16.7 Å². The van der Waals surface area contributed by atoms with Gasteiger partial charge in [-0.1, -0.05) is 18.2 Å². The van der Waals surface area contributed by atoms with E-state index in [2.05, 4.69) is 10.3 Å². The first-order valence-corrected chi connectivity index (χ1v) is 8.28. The molecule has 0 aliphatic rings. The maximum atomic E-state index is 13.7. The molecule has 3 rings (SSSR count). The minimum absolute atomic E-state index is 0.0860. The number of hydrogen-bond acceptors (Lipinski definition) is 2. The molecule has 150 valence electrons. The molecular weight excluding hydrogens is 395 g/mol. The summed E-state index contributed by atoms with van der Waals surface area (Å²) in [6.45, 7) is -0.188. The monoisotopic (exact) mass is 408 g/mol. The average Bonchev–Trinajstić information content (AvgIpc) is 3.16. The molecule has 3 aromatic rings. The van der Waals surface area contributed by atoms with Gasteiger partial charge in [-0.15, -0.1) is 0 Å². The molecule has 2 aromatic carbocycles. The highest BCUT2D eigenvalue weighted by atomic mass is 19.4. The Kier molecular flexibility index (Phi) is 5.49. The van der Waals surface area contributed by atoms with Crippen LogP contribution in [-0.2, 0) is 12.7 Å². The molecule has 9 heteroatoms. The van der Waals surface area contributed by atoms with Crippen molar-refractivity contribution in [2.24, 2.45) is 0 Å². The second kappa shape index (κ2) is 7.86. The first-order chi connectivity index (χ1) is 13.7. The number of aromatic nitrogens is 1. The van der Waals surface area contributed by atoms with Crippen LogP contribution in [0.1, 0.15) is 37.5 Å². The van der Waals surface area contributed by atoms with E-state index in [-0.39, 0.29) is 23.4 Å². The Bertz CT molecular complexity index is 1050. The van der Waals surface area contributed by atoms with Gasteiger partial charge in [-0.2, -0.15) is 13.2 Å². The van der Waals surface area contributed by atoms with Gasteiger partial charge >= 0.3 is 6.18 Å². The van der Waals surface area contributed by atoms with Gasteiger partial charge in [-0.25, -0.2) is 8.78 Å². The predicted octanol–water partition coefficient (Wildman–Crippen LogP) is 4.47. The number of benzene rings is 2. The largest absolute Gasteiger partial charge is 0.416 e. The van der Waals surface area contributed by atoms with Crippen molar-refractivity contribution in [3.8, 4) is 0 Å². The summed E-state index contributed by atoms with van der Waals surface area (Å²) in [5.41, 5.74) is -1.59. The topological polar surface area (TPSA) is 62.0 Å². The number of nitrogens with one attached hydrogen (secondary N) is 2. The molecule has 2 N–H and O–H groups in total. The van der Waals surface area contributed by atoms with Crippen LogP contribution in [0.2, 0.25) is 0 Å². The van der Waals surface area contributed by atoms with Gasteiger partial charge in [0.15, 0.2) is 5.78 Å². The van der Waals surface area contributed by atoms with Crippen LogP contribution in [0.25, 0.3) is 0 Å². The lowest BCUT2D eigenvalue weighted by Gasteiger charge is -2.09. The summed E-state index contributed by atoms with van der Waals surface area (Å²) in [7, 11) is 0. The van der Waals surface area contributed by atoms with E-state index in [1.807, 2.05) is 0 Å². The second-order valence-electron chi connectivity index (χ2n) is 6.11. The number of alkyl halides is 3. The predicted molar refractivity (Wildman–Crippen MR) is 93.2 cm³/mol. The molecule has 0 aliphatic carbocycles. The van der Waals surface area contributed by atoms with E-state index in [9.17, 15) is 31.5 Å². The minimum atomic E-state index is -4.50. The number of ketones is 1. The van der Waals surface area contributed by atoms with Gasteiger partial charge in [-0.3, -0.25) is 9.59 Å². The lowest BCUT2D eigenvalue weighted by Crippen LogP contribution is -2.23. The molecule has 0 saturated heterocycles. The fraction of sp³-hybridized carbons (Fsp3) is 0.100. The molecule has 0 spiro atoms. The van der Waals surface area contributed by atoms with Crippen LogP contribution >= 0.6 is 0 Å². The molecule has 0 aliphatic heterocycles. The molecule has 0 saturated carbocycles. The molecule has 1 amide bonds. The lowest BCUT2D eigenvalue weighted by atomic mass is 10.0. The number of H-pyrrole nitrogens is 1. The Hall–Kier alpha value is -3.49. The highest BCUT2D eigenvalue weighted by Crippen LogP contribution is 2.29. The Morgan fingerprint density at radius 1 is 0.966 bits per heavy atom. The van der Waals surface area contributed by atoms with Crippen molar-refractivity contribution in [2.45, 2.75) is 12.7 Å². The molecule has 4 nitrogen and oxygen atoms in total. The summed E-state index contributed by atoms with van der Waals surface area (Å²) in [6, 6.07) is 8.55. The number of aromatic amines is 1. The summed E-state index contributed by atoms with van der Waals surface area (Å²) in [6.07, 6.45) is -3.38. The van der Waals surface area contributed by atoms with Gasteiger partial charge in [-0.05, 0) is 35.9 Å². The molecular formula is C20H13F5N2O2. The quantitative estimate of drug-likeness (QED) is 0.483. The average molecular weight is 408 g/mol. The molecule has 1 heterocycles. The molecule has 0 unspecified atom stereocenters. The number of halogens is 5. The maximum absolute atomic E-state index is 13.7. The number of hydrogen-bond donors (Lipinski definition) is 2. The van der Waals surface area contributed by atoms with Gasteiger partial charge < -0.3 is 10.3 Å². The molecule has 29 heavy (non-hydrogen) atoms. The summed E-state index contributed by atoms with van der Waals surface area (Å²) < 4.78 is 65.7. The maximum Gasteiger partial charge on any atom is 0.416 e. The van der Waals surface area contributed by atoms with Crippen LogP contribution in [0.15, 0.2) is 54.7 Å². The van der Waals surface area contributed by atoms with Crippen LogP contribution < -0.4 is 5.32 Å². The first-order valence-electron chi connectivity index (χ1n) is 8.28. The lowest BCUT2D eigenvalue weighted by molar-refractivity contribution is -0.137. The van der Waals surface area contributed by atoms with Crippen LogP contribution in [0.4, 0.5) is 22.0 Å². The number of carbonyl (C=O) groups excluding carboxylic acids is 2. The van der Waals surface area contributed by atoms with E-state index in [0.29, 0.717) is 0 Å². The van der Waals surface area contributed by atoms with Crippen molar-refractivity contribution in [3.63, 3.8) is 0 Å². The van der Waals surface area contributed by atoms with Crippen molar-refractivity contribution in [2.75, 3.05) is 0 Å². The first kappa shape index (κ1) is 20.2. The van der Waals surface area contributed by atoms with E-state index in [4.69, 9.17) is 0 Å². The fourth-order valence-electron chi connectivity index (χ4n) is 2.65. The van der Waals surface area contributed by atoms with Crippen LogP contribution in [0.3, 0.4) is 0 Å².